The van der Waals surface area contributed by atoms with E-state index in [2.05, 4.69) is 32.4 Å². The molecule has 1 aliphatic rings. The van der Waals surface area contributed by atoms with Crippen LogP contribution in [0.1, 0.15) is 34.8 Å². The van der Waals surface area contributed by atoms with Gasteiger partial charge in [0.2, 0.25) is 5.82 Å². The molecule has 1 fully saturated rings. The van der Waals surface area contributed by atoms with Gasteiger partial charge in [-0.1, -0.05) is 35.3 Å². The molecule has 6 nitrogen and oxygen atoms in total. The van der Waals surface area contributed by atoms with Gasteiger partial charge in [-0.2, -0.15) is 0 Å². The summed E-state index contributed by atoms with van der Waals surface area (Å²) >= 11 is 11.9. The molecule has 2 heterocycles. The molecule has 2 aromatic carbocycles. The lowest BCUT2D eigenvalue weighted by Crippen LogP contribution is -2.44. The first kappa shape index (κ1) is 20.8. The Bertz CT molecular complexity index is 1010. The van der Waals surface area contributed by atoms with Crippen molar-refractivity contribution in [2.75, 3.05) is 13.1 Å². The van der Waals surface area contributed by atoms with Crippen LogP contribution in [0.2, 0.25) is 10.0 Å². The molecule has 1 amide bonds. The smallest absolute Gasteiger partial charge is 0.291 e. The third kappa shape index (κ3) is 5.01. The predicted octanol–water partition coefficient (Wildman–Crippen LogP) is 4.28. The van der Waals surface area contributed by atoms with Crippen molar-refractivity contribution in [3.63, 3.8) is 0 Å². The number of nitrogens with one attached hydrogen (secondary N) is 1. The summed E-state index contributed by atoms with van der Waals surface area (Å²) < 4.78 is 1.65. The number of aryl methyl sites for hydroxylation is 1. The summed E-state index contributed by atoms with van der Waals surface area (Å²) in [6, 6.07) is 15.4. The maximum absolute atomic E-state index is 12.7. The molecular formula is C22H23Cl2N5O. The van der Waals surface area contributed by atoms with Gasteiger partial charge >= 0.3 is 0 Å². The zero-order chi connectivity index (χ0) is 21.1. The first-order chi connectivity index (χ1) is 14.5. The van der Waals surface area contributed by atoms with Crippen LogP contribution in [0, 0.1) is 6.92 Å². The van der Waals surface area contributed by atoms with E-state index in [1.807, 2.05) is 31.2 Å². The van der Waals surface area contributed by atoms with Crippen LogP contribution >= 0.6 is 23.2 Å². The molecule has 0 radical (unpaired) electrons. The van der Waals surface area contributed by atoms with Crippen molar-refractivity contribution in [2.24, 2.45) is 0 Å². The number of rotatable bonds is 5. The molecule has 156 valence electrons. The fourth-order valence-corrected chi connectivity index (χ4v) is 3.90. The van der Waals surface area contributed by atoms with Gasteiger partial charge in [-0.25, -0.2) is 9.67 Å². The first-order valence-corrected chi connectivity index (χ1v) is 10.7. The van der Waals surface area contributed by atoms with Crippen molar-refractivity contribution in [1.29, 1.82) is 0 Å². The van der Waals surface area contributed by atoms with Crippen LogP contribution in [0.4, 0.5) is 0 Å². The average Bonchev–Trinajstić information content (AvgIpc) is 3.13. The third-order valence-electron chi connectivity index (χ3n) is 5.29. The van der Waals surface area contributed by atoms with E-state index in [0.29, 0.717) is 10.8 Å². The largest absolute Gasteiger partial charge is 0.346 e. The topological polar surface area (TPSA) is 63.1 Å². The molecular weight excluding hydrogens is 421 g/mol. The number of piperidine rings is 1. The van der Waals surface area contributed by atoms with Crippen LogP contribution in [0.15, 0.2) is 48.5 Å². The van der Waals surface area contributed by atoms with Crippen molar-refractivity contribution in [1.82, 2.24) is 25.0 Å². The molecule has 0 aliphatic carbocycles. The maximum atomic E-state index is 12.7. The number of benzene rings is 2. The van der Waals surface area contributed by atoms with E-state index in [1.165, 1.54) is 5.56 Å². The Morgan fingerprint density at radius 1 is 1.03 bits per heavy atom. The van der Waals surface area contributed by atoms with Crippen LogP contribution in [-0.4, -0.2) is 44.7 Å². The van der Waals surface area contributed by atoms with E-state index in [1.54, 1.807) is 16.8 Å². The Hall–Kier alpha value is -2.41. The molecule has 1 aliphatic heterocycles. The fourth-order valence-electron chi connectivity index (χ4n) is 3.65. The molecule has 0 bridgehead atoms. The lowest BCUT2D eigenvalue weighted by atomic mass is 10.0. The van der Waals surface area contributed by atoms with Crippen LogP contribution in [-0.2, 0) is 6.54 Å². The SMILES string of the molecule is Cc1nc(C(=O)NC2CCN(Cc3ccc(Cl)cc3)CC2)nn1-c1ccc(Cl)cc1. The van der Waals surface area contributed by atoms with Gasteiger partial charge in [0.25, 0.3) is 5.91 Å². The summed E-state index contributed by atoms with van der Waals surface area (Å²) in [6.07, 6.45) is 1.80. The van der Waals surface area contributed by atoms with Gasteiger partial charge in [0.05, 0.1) is 5.69 Å². The molecule has 30 heavy (non-hydrogen) atoms. The van der Waals surface area contributed by atoms with Crippen molar-refractivity contribution in [3.8, 4) is 5.69 Å². The Labute approximate surface area is 185 Å². The highest BCUT2D eigenvalue weighted by Gasteiger charge is 2.23. The number of aromatic nitrogens is 3. The second-order valence-electron chi connectivity index (χ2n) is 7.52. The quantitative estimate of drug-likeness (QED) is 0.638. The number of halogens is 2. The summed E-state index contributed by atoms with van der Waals surface area (Å²) in [6.45, 7) is 4.58. The Balaban J connectivity index is 1.32. The Kier molecular flexibility index (Phi) is 6.37. The molecule has 0 unspecified atom stereocenters. The zero-order valence-corrected chi connectivity index (χ0v) is 18.2. The highest BCUT2D eigenvalue weighted by atomic mass is 35.5. The summed E-state index contributed by atoms with van der Waals surface area (Å²) in [4.78, 5) is 19.4. The minimum Gasteiger partial charge on any atom is -0.346 e. The third-order valence-corrected chi connectivity index (χ3v) is 5.79. The van der Waals surface area contributed by atoms with E-state index >= 15 is 0 Å². The van der Waals surface area contributed by atoms with E-state index in [0.717, 1.165) is 43.2 Å². The van der Waals surface area contributed by atoms with Gasteiger partial charge in [0, 0.05) is 35.7 Å². The van der Waals surface area contributed by atoms with Crippen molar-refractivity contribution in [2.45, 2.75) is 32.4 Å². The number of carbonyl (C=O) groups excluding carboxylic acids is 1. The second kappa shape index (κ2) is 9.16. The van der Waals surface area contributed by atoms with E-state index in [-0.39, 0.29) is 17.8 Å². The Morgan fingerprint density at radius 3 is 2.27 bits per heavy atom. The van der Waals surface area contributed by atoms with E-state index < -0.39 is 0 Å². The van der Waals surface area contributed by atoms with Gasteiger partial charge in [-0.15, -0.1) is 5.10 Å². The zero-order valence-electron chi connectivity index (χ0n) is 16.7. The summed E-state index contributed by atoms with van der Waals surface area (Å²) in [7, 11) is 0. The number of amides is 1. The summed E-state index contributed by atoms with van der Waals surface area (Å²) in [5.74, 6) is 0.605. The van der Waals surface area contributed by atoms with Crippen molar-refractivity contribution >= 4 is 29.1 Å². The first-order valence-electron chi connectivity index (χ1n) is 9.95. The molecule has 1 saturated heterocycles. The minimum atomic E-state index is -0.234. The van der Waals surface area contributed by atoms with Crippen molar-refractivity contribution in [3.05, 3.63) is 75.8 Å². The average molecular weight is 444 g/mol. The maximum Gasteiger partial charge on any atom is 0.291 e. The molecule has 4 rings (SSSR count). The Morgan fingerprint density at radius 2 is 1.63 bits per heavy atom. The summed E-state index contributed by atoms with van der Waals surface area (Å²) in [5, 5.41) is 8.87. The van der Waals surface area contributed by atoms with Gasteiger partial charge in [-0.05, 0) is 61.7 Å². The highest BCUT2D eigenvalue weighted by Crippen LogP contribution is 2.17. The van der Waals surface area contributed by atoms with Crippen molar-refractivity contribution < 1.29 is 4.79 Å². The number of nitrogens with zero attached hydrogens (tertiary/aromatic N) is 4. The summed E-state index contributed by atoms with van der Waals surface area (Å²) in [5.41, 5.74) is 2.06. The standard InChI is InChI=1S/C22H23Cl2N5O/c1-15-25-21(27-29(15)20-8-6-18(24)7-9-20)22(30)26-19-10-12-28(13-11-19)14-16-2-4-17(23)5-3-16/h2-9,19H,10-14H2,1H3,(H,26,30). The fraction of sp³-hybridized carbons (Fsp3) is 0.318. The van der Waals surface area contributed by atoms with Gasteiger partial charge in [-0.3, -0.25) is 9.69 Å². The monoisotopic (exact) mass is 443 g/mol. The van der Waals surface area contributed by atoms with Crippen LogP contribution < -0.4 is 5.32 Å². The number of carbonyl (C=O) groups is 1. The van der Waals surface area contributed by atoms with E-state index in [4.69, 9.17) is 23.2 Å². The molecule has 0 spiro atoms. The highest BCUT2D eigenvalue weighted by molar-refractivity contribution is 6.30. The normalized spacial score (nSPS) is 15.3. The number of hydrogen-bond acceptors (Lipinski definition) is 4. The predicted molar refractivity (Wildman–Crippen MR) is 118 cm³/mol. The lowest BCUT2D eigenvalue weighted by molar-refractivity contribution is 0.0898. The number of likely N-dealkylation sites (tertiary alicyclic amines) is 1. The molecule has 3 aromatic rings. The van der Waals surface area contributed by atoms with Gasteiger partial charge < -0.3 is 5.32 Å². The molecule has 8 heteroatoms. The van der Waals surface area contributed by atoms with Crippen LogP contribution in [0.3, 0.4) is 0 Å². The molecule has 0 atom stereocenters. The van der Waals surface area contributed by atoms with Gasteiger partial charge in [0.1, 0.15) is 5.82 Å². The minimum absolute atomic E-state index is 0.127. The van der Waals surface area contributed by atoms with E-state index in [9.17, 15) is 4.79 Å². The molecule has 1 N–H and O–H groups in total. The second-order valence-corrected chi connectivity index (χ2v) is 8.39. The van der Waals surface area contributed by atoms with Crippen LogP contribution in [0.5, 0.6) is 0 Å². The molecule has 1 aromatic heterocycles. The van der Waals surface area contributed by atoms with Crippen LogP contribution in [0.25, 0.3) is 5.69 Å². The molecule has 0 saturated carbocycles. The number of hydrogen-bond donors (Lipinski definition) is 1. The lowest BCUT2D eigenvalue weighted by Gasteiger charge is -2.32. The van der Waals surface area contributed by atoms with Gasteiger partial charge in [0.15, 0.2) is 0 Å².